The van der Waals surface area contributed by atoms with E-state index < -0.39 is 0 Å². The molecule has 2 aromatic carbocycles. The van der Waals surface area contributed by atoms with E-state index >= 15 is 0 Å². The number of aryl methyl sites for hydroxylation is 1. The highest BCUT2D eigenvalue weighted by Gasteiger charge is 2.20. The Hall–Kier alpha value is -2.29. The van der Waals surface area contributed by atoms with E-state index in [0.717, 1.165) is 12.8 Å². The van der Waals surface area contributed by atoms with Gasteiger partial charge >= 0.3 is 0 Å². The number of benzene rings is 2. The lowest BCUT2D eigenvalue weighted by molar-refractivity contribution is 0.0951. The summed E-state index contributed by atoms with van der Waals surface area (Å²) < 4.78 is 0. The monoisotopic (exact) mass is 280 g/mol. The van der Waals surface area contributed by atoms with Gasteiger partial charge in [0.1, 0.15) is 0 Å². The summed E-state index contributed by atoms with van der Waals surface area (Å²) in [6, 6.07) is 15.7. The third-order valence-electron chi connectivity index (χ3n) is 4.21. The van der Waals surface area contributed by atoms with Crippen LogP contribution in [0.5, 0.6) is 0 Å². The van der Waals surface area contributed by atoms with E-state index in [1.807, 2.05) is 12.1 Å². The lowest BCUT2D eigenvalue weighted by atomic mass is 9.83. The van der Waals surface area contributed by atoms with E-state index in [1.54, 1.807) is 12.1 Å². The average Bonchev–Trinajstić information content (AvgIpc) is 2.53. The summed E-state index contributed by atoms with van der Waals surface area (Å²) in [6.07, 6.45) is 3.46. The normalized spacial score (nSPS) is 17.0. The largest absolute Gasteiger partial charge is 0.398 e. The number of carbonyl (C=O) groups excluding carboxylic acids is 1. The molecule has 3 rings (SSSR count). The zero-order valence-electron chi connectivity index (χ0n) is 12.0. The van der Waals surface area contributed by atoms with Crippen molar-refractivity contribution in [2.24, 2.45) is 0 Å². The van der Waals surface area contributed by atoms with Gasteiger partial charge in [-0.05, 0) is 42.5 Å². The molecule has 1 aliphatic rings. The Kier molecular flexibility index (Phi) is 3.91. The number of rotatable bonds is 3. The van der Waals surface area contributed by atoms with Crippen molar-refractivity contribution < 1.29 is 4.79 Å². The van der Waals surface area contributed by atoms with E-state index in [1.165, 1.54) is 17.5 Å². The number of carbonyl (C=O) groups is 1. The topological polar surface area (TPSA) is 55.1 Å². The summed E-state index contributed by atoms with van der Waals surface area (Å²) in [4.78, 5) is 12.2. The van der Waals surface area contributed by atoms with Crippen molar-refractivity contribution in [1.29, 1.82) is 0 Å². The quantitative estimate of drug-likeness (QED) is 0.849. The second-order valence-electron chi connectivity index (χ2n) is 5.59. The SMILES string of the molecule is Nc1ccccc1C(=O)NCC1CCCc2ccccc21. The van der Waals surface area contributed by atoms with Crippen LogP contribution in [0.25, 0.3) is 0 Å². The zero-order chi connectivity index (χ0) is 14.7. The average molecular weight is 280 g/mol. The van der Waals surface area contributed by atoms with Crippen LogP contribution in [0.4, 0.5) is 5.69 Å². The summed E-state index contributed by atoms with van der Waals surface area (Å²) in [5.74, 6) is 0.319. The predicted molar refractivity (Wildman–Crippen MR) is 85.3 cm³/mol. The molecule has 1 amide bonds. The Morgan fingerprint density at radius 2 is 1.90 bits per heavy atom. The van der Waals surface area contributed by atoms with Crippen LogP contribution >= 0.6 is 0 Å². The van der Waals surface area contributed by atoms with Crippen LogP contribution in [0.1, 0.15) is 40.2 Å². The van der Waals surface area contributed by atoms with Crippen LogP contribution in [0.2, 0.25) is 0 Å². The maximum atomic E-state index is 12.2. The van der Waals surface area contributed by atoms with Gasteiger partial charge in [0.2, 0.25) is 0 Å². The molecule has 0 aromatic heterocycles. The van der Waals surface area contributed by atoms with E-state index in [4.69, 9.17) is 5.73 Å². The molecule has 0 heterocycles. The molecule has 108 valence electrons. The molecular formula is C18H20N2O. The van der Waals surface area contributed by atoms with E-state index in [0.29, 0.717) is 23.7 Å². The van der Waals surface area contributed by atoms with Crippen molar-refractivity contribution in [3.63, 3.8) is 0 Å². The highest BCUT2D eigenvalue weighted by molar-refractivity contribution is 5.99. The Balaban J connectivity index is 1.69. The molecule has 1 atom stereocenters. The van der Waals surface area contributed by atoms with Crippen LogP contribution in [-0.2, 0) is 6.42 Å². The number of hydrogen-bond acceptors (Lipinski definition) is 2. The van der Waals surface area contributed by atoms with Crippen molar-refractivity contribution in [1.82, 2.24) is 5.32 Å². The zero-order valence-corrected chi connectivity index (χ0v) is 12.0. The molecule has 0 saturated carbocycles. The van der Waals surface area contributed by atoms with Crippen LogP contribution in [-0.4, -0.2) is 12.5 Å². The molecule has 0 aliphatic heterocycles. The fraction of sp³-hybridized carbons (Fsp3) is 0.278. The maximum absolute atomic E-state index is 12.2. The molecule has 0 fully saturated rings. The summed E-state index contributed by atoms with van der Waals surface area (Å²) in [5.41, 5.74) is 9.73. The van der Waals surface area contributed by atoms with Crippen molar-refractivity contribution in [2.75, 3.05) is 12.3 Å². The minimum Gasteiger partial charge on any atom is -0.398 e. The molecule has 0 bridgehead atoms. The van der Waals surface area contributed by atoms with Crippen molar-refractivity contribution in [3.05, 3.63) is 65.2 Å². The van der Waals surface area contributed by atoms with E-state index in [2.05, 4.69) is 29.6 Å². The van der Waals surface area contributed by atoms with Crippen LogP contribution in [0.3, 0.4) is 0 Å². The number of amides is 1. The number of fused-ring (bicyclic) bond motifs is 1. The van der Waals surface area contributed by atoms with Crippen LogP contribution in [0, 0.1) is 0 Å². The lowest BCUT2D eigenvalue weighted by Gasteiger charge is -2.25. The van der Waals surface area contributed by atoms with Crippen LogP contribution in [0.15, 0.2) is 48.5 Å². The minimum absolute atomic E-state index is 0.0869. The Morgan fingerprint density at radius 1 is 1.14 bits per heavy atom. The molecule has 0 spiro atoms. The second kappa shape index (κ2) is 6.00. The van der Waals surface area contributed by atoms with E-state index in [9.17, 15) is 4.79 Å². The van der Waals surface area contributed by atoms with Gasteiger partial charge in [-0.2, -0.15) is 0 Å². The number of nitrogens with two attached hydrogens (primary N) is 1. The number of nitrogen functional groups attached to an aromatic ring is 1. The first-order valence-corrected chi connectivity index (χ1v) is 7.46. The number of nitrogens with one attached hydrogen (secondary N) is 1. The van der Waals surface area contributed by atoms with Gasteiger partial charge in [0.25, 0.3) is 5.91 Å². The smallest absolute Gasteiger partial charge is 0.253 e. The Morgan fingerprint density at radius 3 is 2.76 bits per heavy atom. The van der Waals surface area contributed by atoms with Gasteiger partial charge < -0.3 is 11.1 Å². The lowest BCUT2D eigenvalue weighted by Crippen LogP contribution is -2.30. The van der Waals surface area contributed by atoms with Gasteiger partial charge in [0.15, 0.2) is 0 Å². The molecule has 0 radical (unpaired) electrons. The molecule has 3 heteroatoms. The van der Waals surface area contributed by atoms with Gasteiger partial charge in [0, 0.05) is 18.2 Å². The highest BCUT2D eigenvalue weighted by atomic mass is 16.1. The molecule has 21 heavy (non-hydrogen) atoms. The molecule has 0 saturated heterocycles. The molecule has 2 aromatic rings. The summed E-state index contributed by atoms with van der Waals surface area (Å²) >= 11 is 0. The summed E-state index contributed by atoms with van der Waals surface area (Å²) in [7, 11) is 0. The van der Waals surface area contributed by atoms with Crippen molar-refractivity contribution in [2.45, 2.75) is 25.2 Å². The molecule has 3 N–H and O–H groups in total. The Bertz CT molecular complexity index is 651. The van der Waals surface area contributed by atoms with Crippen LogP contribution < -0.4 is 11.1 Å². The van der Waals surface area contributed by atoms with E-state index in [-0.39, 0.29) is 5.91 Å². The summed E-state index contributed by atoms with van der Waals surface area (Å²) in [5, 5.41) is 3.03. The second-order valence-corrected chi connectivity index (χ2v) is 5.59. The first-order valence-electron chi connectivity index (χ1n) is 7.46. The van der Waals surface area contributed by atoms with Crippen molar-refractivity contribution in [3.8, 4) is 0 Å². The fourth-order valence-corrected chi connectivity index (χ4v) is 3.08. The molecular weight excluding hydrogens is 260 g/mol. The van der Waals surface area contributed by atoms with Crippen molar-refractivity contribution >= 4 is 11.6 Å². The van der Waals surface area contributed by atoms with Gasteiger partial charge in [-0.25, -0.2) is 0 Å². The first kappa shape index (κ1) is 13.7. The third-order valence-corrected chi connectivity index (χ3v) is 4.21. The highest BCUT2D eigenvalue weighted by Crippen LogP contribution is 2.30. The van der Waals surface area contributed by atoms with Gasteiger partial charge in [-0.15, -0.1) is 0 Å². The molecule has 3 nitrogen and oxygen atoms in total. The third kappa shape index (κ3) is 2.92. The first-order chi connectivity index (χ1) is 10.3. The van der Waals surface area contributed by atoms with Gasteiger partial charge in [-0.1, -0.05) is 36.4 Å². The minimum atomic E-state index is -0.0869. The standard InChI is InChI=1S/C18H20N2O/c19-17-11-4-3-10-16(17)18(21)20-12-14-8-5-7-13-6-1-2-9-15(13)14/h1-4,6,9-11,14H,5,7-8,12,19H2,(H,20,21). The summed E-state index contributed by atoms with van der Waals surface area (Å²) in [6.45, 7) is 0.671. The van der Waals surface area contributed by atoms with Gasteiger partial charge in [0.05, 0.1) is 5.56 Å². The Labute approximate surface area is 125 Å². The number of para-hydroxylation sites is 1. The number of hydrogen-bond donors (Lipinski definition) is 2. The number of anilines is 1. The molecule has 1 unspecified atom stereocenters. The predicted octanol–water partition coefficient (Wildman–Crippen LogP) is 3.12. The maximum Gasteiger partial charge on any atom is 0.253 e. The van der Waals surface area contributed by atoms with Gasteiger partial charge in [-0.3, -0.25) is 4.79 Å². The molecule has 1 aliphatic carbocycles. The fourth-order valence-electron chi connectivity index (χ4n) is 3.08.